The third-order valence-electron chi connectivity index (χ3n) is 3.55. The van der Waals surface area contributed by atoms with Crippen LogP contribution in [0.5, 0.6) is 0 Å². The first kappa shape index (κ1) is 15.9. The molecule has 0 amide bonds. The second-order valence-corrected chi connectivity index (χ2v) is 5.49. The van der Waals surface area contributed by atoms with Crippen LogP contribution in [0.4, 0.5) is 0 Å². The van der Waals surface area contributed by atoms with Gasteiger partial charge in [0, 0.05) is 18.7 Å². The summed E-state index contributed by atoms with van der Waals surface area (Å²) >= 11 is 0. The molecular formula is C14H29NO3. The van der Waals surface area contributed by atoms with Crippen LogP contribution in [0.3, 0.4) is 0 Å². The topological polar surface area (TPSA) is 50.7 Å². The molecule has 0 aromatic heterocycles. The standard InChI is InChI=1S/C14H29NO3/c1-3-4-8-17-9-10-18-12-13(16)11-15-14(2)6-5-7-14/h13,15-16H,3-12H2,1-2H3. The number of hydrogen-bond donors (Lipinski definition) is 2. The molecule has 1 unspecified atom stereocenters. The average molecular weight is 259 g/mol. The molecule has 0 saturated heterocycles. The van der Waals surface area contributed by atoms with E-state index in [1.807, 2.05) is 0 Å². The highest BCUT2D eigenvalue weighted by Gasteiger charge is 2.31. The Morgan fingerprint density at radius 3 is 2.56 bits per heavy atom. The first-order valence-corrected chi connectivity index (χ1v) is 7.25. The molecule has 0 spiro atoms. The lowest BCUT2D eigenvalue weighted by Gasteiger charge is -2.40. The van der Waals surface area contributed by atoms with Crippen molar-refractivity contribution in [3.63, 3.8) is 0 Å². The van der Waals surface area contributed by atoms with E-state index in [0.717, 1.165) is 19.4 Å². The molecular weight excluding hydrogens is 230 g/mol. The zero-order chi connectivity index (χ0) is 13.3. The van der Waals surface area contributed by atoms with Crippen molar-refractivity contribution in [2.75, 3.05) is 33.0 Å². The van der Waals surface area contributed by atoms with Crippen LogP contribution >= 0.6 is 0 Å². The van der Waals surface area contributed by atoms with Gasteiger partial charge in [-0.25, -0.2) is 0 Å². The van der Waals surface area contributed by atoms with Crippen LogP contribution in [-0.4, -0.2) is 49.7 Å². The molecule has 1 rings (SSSR count). The van der Waals surface area contributed by atoms with Crippen LogP contribution in [0, 0.1) is 0 Å². The zero-order valence-corrected chi connectivity index (χ0v) is 11.9. The molecule has 0 bridgehead atoms. The van der Waals surface area contributed by atoms with Crippen LogP contribution < -0.4 is 5.32 Å². The van der Waals surface area contributed by atoms with Gasteiger partial charge in [0.15, 0.2) is 0 Å². The van der Waals surface area contributed by atoms with Crippen LogP contribution in [0.25, 0.3) is 0 Å². The molecule has 4 nitrogen and oxygen atoms in total. The maximum absolute atomic E-state index is 9.74. The molecule has 0 aromatic carbocycles. The van der Waals surface area contributed by atoms with E-state index in [0.29, 0.717) is 26.4 Å². The van der Waals surface area contributed by atoms with E-state index < -0.39 is 6.10 Å². The molecule has 0 aliphatic heterocycles. The van der Waals surface area contributed by atoms with E-state index in [1.165, 1.54) is 19.3 Å². The fourth-order valence-corrected chi connectivity index (χ4v) is 1.99. The fourth-order valence-electron chi connectivity index (χ4n) is 1.99. The summed E-state index contributed by atoms with van der Waals surface area (Å²) < 4.78 is 10.8. The second kappa shape index (κ2) is 8.86. The normalized spacial score (nSPS) is 19.5. The summed E-state index contributed by atoms with van der Waals surface area (Å²) in [6.07, 6.45) is 5.57. The number of β-amino-alcohol motifs (C(OH)–C–C–N with tert-alkyl or cyclic N) is 1. The molecule has 4 heteroatoms. The lowest BCUT2D eigenvalue weighted by Crippen LogP contribution is -2.51. The number of ether oxygens (including phenoxy) is 2. The Labute approximate surface area is 111 Å². The summed E-state index contributed by atoms with van der Waals surface area (Å²) in [6, 6.07) is 0. The van der Waals surface area contributed by atoms with Crippen molar-refractivity contribution >= 4 is 0 Å². The van der Waals surface area contributed by atoms with Gasteiger partial charge in [-0.1, -0.05) is 13.3 Å². The van der Waals surface area contributed by atoms with Crippen molar-refractivity contribution in [2.24, 2.45) is 0 Å². The molecule has 1 aliphatic rings. The van der Waals surface area contributed by atoms with Crippen LogP contribution in [0.2, 0.25) is 0 Å². The van der Waals surface area contributed by atoms with Crippen LogP contribution in [-0.2, 0) is 9.47 Å². The van der Waals surface area contributed by atoms with E-state index in [2.05, 4.69) is 19.2 Å². The third-order valence-corrected chi connectivity index (χ3v) is 3.55. The Bertz CT molecular complexity index is 207. The lowest BCUT2D eigenvalue weighted by molar-refractivity contribution is 0.0000281. The maximum Gasteiger partial charge on any atom is 0.0897 e. The molecule has 0 radical (unpaired) electrons. The van der Waals surface area contributed by atoms with Gasteiger partial charge < -0.3 is 19.9 Å². The SMILES string of the molecule is CCCCOCCOCC(O)CNC1(C)CCC1. The number of hydrogen-bond acceptors (Lipinski definition) is 4. The van der Waals surface area contributed by atoms with Gasteiger partial charge in [0.1, 0.15) is 0 Å². The fraction of sp³-hybridized carbons (Fsp3) is 1.00. The van der Waals surface area contributed by atoms with Gasteiger partial charge in [0.25, 0.3) is 0 Å². The predicted octanol–water partition coefficient (Wildman–Crippen LogP) is 1.71. The Balaban J connectivity index is 1.86. The van der Waals surface area contributed by atoms with Crippen molar-refractivity contribution < 1.29 is 14.6 Å². The van der Waals surface area contributed by atoms with Gasteiger partial charge in [-0.15, -0.1) is 0 Å². The average Bonchev–Trinajstić information content (AvgIpc) is 2.33. The number of nitrogens with one attached hydrogen (secondary N) is 1. The highest BCUT2D eigenvalue weighted by molar-refractivity contribution is 4.91. The van der Waals surface area contributed by atoms with Gasteiger partial charge in [-0.05, 0) is 32.6 Å². The number of aliphatic hydroxyl groups excluding tert-OH is 1. The van der Waals surface area contributed by atoms with E-state index in [1.54, 1.807) is 0 Å². The Hall–Kier alpha value is -0.160. The van der Waals surface area contributed by atoms with Crippen molar-refractivity contribution in [3.05, 3.63) is 0 Å². The van der Waals surface area contributed by atoms with E-state index in [-0.39, 0.29) is 5.54 Å². The van der Waals surface area contributed by atoms with Gasteiger partial charge in [-0.3, -0.25) is 0 Å². The Kier molecular flexibility index (Phi) is 7.82. The minimum atomic E-state index is -0.418. The number of aliphatic hydroxyl groups is 1. The third kappa shape index (κ3) is 6.69. The summed E-state index contributed by atoms with van der Waals surface area (Å²) in [5.41, 5.74) is 0.254. The predicted molar refractivity (Wildman–Crippen MR) is 72.8 cm³/mol. The van der Waals surface area contributed by atoms with Crippen molar-refractivity contribution in [1.29, 1.82) is 0 Å². The van der Waals surface area contributed by atoms with Crippen LogP contribution in [0.15, 0.2) is 0 Å². The molecule has 0 heterocycles. The smallest absolute Gasteiger partial charge is 0.0897 e. The van der Waals surface area contributed by atoms with E-state index >= 15 is 0 Å². The Morgan fingerprint density at radius 1 is 1.22 bits per heavy atom. The molecule has 1 saturated carbocycles. The number of unbranched alkanes of at least 4 members (excludes halogenated alkanes) is 1. The lowest BCUT2D eigenvalue weighted by atomic mass is 9.78. The first-order chi connectivity index (χ1) is 8.66. The molecule has 1 aliphatic carbocycles. The summed E-state index contributed by atoms with van der Waals surface area (Å²) in [7, 11) is 0. The summed E-state index contributed by atoms with van der Waals surface area (Å²) in [5, 5.41) is 13.1. The quantitative estimate of drug-likeness (QED) is 0.555. The molecule has 18 heavy (non-hydrogen) atoms. The van der Waals surface area contributed by atoms with Crippen molar-refractivity contribution in [3.8, 4) is 0 Å². The summed E-state index contributed by atoms with van der Waals surface area (Å²) in [4.78, 5) is 0. The number of rotatable bonds is 11. The minimum Gasteiger partial charge on any atom is -0.389 e. The van der Waals surface area contributed by atoms with Gasteiger partial charge in [0.05, 0.1) is 25.9 Å². The molecule has 108 valence electrons. The second-order valence-electron chi connectivity index (χ2n) is 5.49. The summed E-state index contributed by atoms with van der Waals surface area (Å²) in [6.45, 7) is 7.36. The zero-order valence-electron chi connectivity index (χ0n) is 11.9. The summed E-state index contributed by atoms with van der Waals surface area (Å²) in [5.74, 6) is 0. The van der Waals surface area contributed by atoms with E-state index in [9.17, 15) is 5.11 Å². The minimum absolute atomic E-state index is 0.254. The first-order valence-electron chi connectivity index (χ1n) is 7.25. The van der Waals surface area contributed by atoms with E-state index in [4.69, 9.17) is 9.47 Å². The largest absolute Gasteiger partial charge is 0.389 e. The van der Waals surface area contributed by atoms with Gasteiger partial charge in [-0.2, -0.15) is 0 Å². The monoisotopic (exact) mass is 259 g/mol. The molecule has 1 atom stereocenters. The van der Waals surface area contributed by atoms with Crippen molar-refractivity contribution in [1.82, 2.24) is 5.32 Å². The molecule has 1 fully saturated rings. The Morgan fingerprint density at radius 2 is 1.94 bits per heavy atom. The van der Waals surface area contributed by atoms with Crippen LogP contribution in [0.1, 0.15) is 46.0 Å². The highest BCUT2D eigenvalue weighted by atomic mass is 16.5. The van der Waals surface area contributed by atoms with Gasteiger partial charge in [0.2, 0.25) is 0 Å². The molecule has 2 N–H and O–H groups in total. The highest BCUT2D eigenvalue weighted by Crippen LogP contribution is 2.30. The van der Waals surface area contributed by atoms with Gasteiger partial charge >= 0.3 is 0 Å². The maximum atomic E-state index is 9.74. The molecule has 0 aromatic rings. The van der Waals surface area contributed by atoms with Crippen molar-refractivity contribution in [2.45, 2.75) is 57.6 Å².